The van der Waals surface area contributed by atoms with Crippen LogP contribution in [0.25, 0.3) is 16.9 Å². The number of aromatic nitrogens is 7. The Morgan fingerprint density at radius 2 is 2.09 bits per heavy atom. The van der Waals surface area contributed by atoms with Gasteiger partial charge in [0, 0.05) is 40.1 Å². The molecule has 1 aromatic carbocycles. The predicted octanol–water partition coefficient (Wildman–Crippen LogP) is 3.85. The molecule has 3 N–H and O–H groups in total. The van der Waals surface area contributed by atoms with Crippen LogP contribution in [-0.2, 0) is 0 Å². The Labute approximate surface area is 188 Å². The second-order valence-corrected chi connectivity index (χ2v) is 7.77. The van der Waals surface area contributed by atoms with Gasteiger partial charge in [0.25, 0.3) is 5.91 Å². The first-order valence-electron chi connectivity index (χ1n) is 9.48. The number of carbonyl (C=O) groups is 1. The molecule has 0 aliphatic rings. The number of amides is 1. The van der Waals surface area contributed by atoms with Gasteiger partial charge in [-0.05, 0) is 24.3 Å². The molecule has 0 spiro atoms. The number of nitrogens with zero attached hydrogens (tertiary/aromatic N) is 5. The molecule has 0 aliphatic carbocycles. The van der Waals surface area contributed by atoms with Crippen LogP contribution in [0.2, 0.25) is 0 Å². The van der Waals surface area contributed by atoms with Gasteiger partial charge in [-0.15, -0.1) is 0 Å². The number of ether oxygens (including phenoxy) is 1. The van der Waals surface area contributed by atoms with Crippen LogP contribution in [0.3, 0.4) is 0 Å². The maximum absolute atomic E-state index is 13.0. The zero-order valence-electron chi connectivity index (χ0n) is 16.6. The molecule has 0 radical (unpaired) electrons. The van der Waals surface area contributed by atoms with E-state index in [9.17, 15) is 13.6 Å². The summed E-state index contributed by atoms with van der Waals surface area (Å²) in [6, 6.07) is 6.42. The van der Waals surface area contributed by atoms with Crippen molar-refractivity contribution in [3.05, 3.63) is 67.0 Å². The fraction of sp³-hybridized carbons (Fsp3) is 0.0500. The van der Waals surface area contributed by atoms with Gasteiger partial charge in [0.1, 0.15) is 17.0 Å². The van der Waals surface area contributed by atoms with Crippen molar-refractivity contribution in [2.45, 2.75) is 16.4 Å². The van der Waals surface area contributed by atoms with Crippen LogP contribution in [0.1, 0.15) is 10.4 Å². The van der Waals surface area contributed by atoms with Gasteiger partial charge in [-0.3, -0.25) is 15.0 Å². The number of aromatic amines is 2. The minimum absolute atomic E-state index is 0.0817. The van der Waals surface area contributed by atoms with E-state index < -0.39 is 12.5 Å². The van der Waals surface area contributed by atoms with Gasteiger partial charge in [0.05, 0.1) is 18.1 Å². The number of hydrogen-bond donors (Lipinski definition) is 3. The maximum atomic E-state index is 13.0. The van der Waals surface area contributed by atoms with Crippen LogP contribution in [0.15, 0.2) is 71.2 Å². The number of H-pyrrole nitrogens is 2. The number of rotatable bonds is 7. The maximum Gasteiger partial charge on any atom is 0.387 e. The Morgan fingerprint density at radius 3 is 2.91 bits per heavy atom. The SMILES string of the molecule is O=C(Nc1c[nH]nc1-c1cc(Sc2cn[nH]c2)ccc1OC(F)F)c1cnn2cccnc12. The van der Waals surface area contributed by atoms with E-state index in [0.29, 0.717) is 5.65 Å². The molecule has 33 heavy (non-hydrogen) atoms. The lowest BCUT2D eigenvalue weighted by Crippen LogP contribution is -2.12. The fourth-order valence-electron chi connectivity index (χ4n) is 3.15. The summed E-state index contributed by atoms with van der Waals surface area (Å²) in [5.74, 6) is -0.562. The van der Waals surface area contributed by atoms with Crippen LogP contribution >= 0.6 is 11.8 Å². The highest BCUT2D eigenvalue weighted by atomic mass is 32.2. The van der Waals surface area contributed by atoms with E-state index in [4.69, 9.17) is 4.74 Å². The van der Waals surface area contributed by atoms with Crippen molar-refractivity contribution >= 4 is 29.0 Å². The summed E-state index contributed by atoms with van der Waals surface area (Å²) < 4.78 is 32.2. The summed E-state index contributed by atoms with van der Waals surface area (Å²) in [5, 5.41) is 20.3. The Balaban J connectivity index is 1.49. The van der Waals surface area contributed by atoms with Gasteiger partial charge in [-0.25, -0.2) is 9.50 Å². The number of hydrogen-bond acceptors (Lipinski definition) is 7. The average Bonchev–Trinajstić information content (AvgIpc) is 3.55. The number of fused-ring (bicyclic) bond motifs is 1. The van der Waals surface area contributed by atoms with E-state index in [-0.39, 0.29) is 28.3 Å². The van der Waals surface area contributed by atoms with Gasteiger partial charge in [-0.1, -0.05) is 11.8 Å². The van der Waals surface area contributed by atoms with Gasteiger partial charge < -0.3 is 10.1 Å². The van der Waals surface area contributed by atoms with E-state index in [1.54, 1.807) is 43.0 Å². The lowest BCUT2D eigenvalue weighted by molar-refractivity contribution is -0.0494. The van der Waals surface area contributed by atoms with Gasteiger partial charge in [0.15, 0.2) is 5.65 Å². The first-order valence-corrected chi connectivity index (χ1v) is 10.3. The molecule has 4 heterocycles. The Bertz CT molecular complexity index is 1420. The predicted molar refractivity (Wildman–Crippen MR) is 114 cm³/mol. The molecule has 0 aliphatic heterocycles. The molecular formula is C20H14F2N8O2S. The molecule has 0 atom stereocenters. The summed E-state index contributed by atoms with van der Waals surface area (Å²) >= 11 is 1.37. The largest absolute Gasteiger partial charge is 0.434 e. The van der Waals surface area contributed by atoms with Crippen molar-refractivity contribution in [1.82, 2.24) is 35.0 Å². The number of anilines is 1. The molecule has 0 fully saturated rings. The van der Waals surface area contributed by atoms with Crippen molar-refractivity contribution in [2.24, 2.45) is 0 Å². The molecule has 1 amide bonds. The lowest BCUT2D eigenvalue weighted by atomic mass is 10.1. The number of nitrogens with one attached hydrogen (secondary N) is 3. The summed E-state index contributed by atoms with van der Waals surface area (Å²) in [4.78, 5) is 18.6. The number of carbonyl (C=O) groups excluding carboxylic acids is 1. The molecule has 0 bridgehead atoms. The average molecular weight is 468 g/mol. The molecule has 0 unspecified atom stereocenters. The topological polar surface area (TPSA) is 126 Å². The summed E-state index contributed by atoms with van der Waals surface area (Å²) in [6.07, 6.45) is 9.41. The van der Waals surface area contributed by atoms with Crippen LogP contribution < -0.4 is 10.1 Å². The van der Waals surface area contributed by atoms with Crippen LogP contribution in [0.5, 0.6) is 5.75 Å². The van der Waals surface area contributed by atoms with Crippen molar-refractivity contribution in [2.75, 3.05) is 5.32 Å². The van der Waals surface area contributed by atoms with Gasteiger partial charge in [0.2, 0.25) is 0 Å². The highest BCUT2D eigenvalue weighted by Crippen LogP contribution is 2.39. The van der Waals surface area contributed by atoms with Crippen molar-refractivity contribution in [3.63, 3.8) is 0 Å². The Morgan fingerprint density at radius 1 is 1.18 bits per heavy atom. The molecule has 166 valence electrons. The molecule has 0 saturated heterocycles. The third kappa shape index (κ3) is 4.25. The van der Waals surface area contributed by atoms with E-state index in [1.165, 1.54) is 34.7 Å². The standard InChI is InChI=1S/C20H14F2N8O2S/c21-20(22)32-16-3-2-11(33-12-7-24-25-8-12)6-13(16)17-15(10-26-29-17)28-19(31)14-9-27-30-5-1-4-23-18(14)30/h1-10,20H,(H,24,25)(H,26,29)(H,28,31). The van der Waals surface area contributed by atoms with Crippen LogP contribution in [0.4, 0.5) is 14.5 Å². The number of alkyl halides is 2. The molecule has 4 aromatic heterocycles. The first-order chi connectivity index (χ1) is 16.1. The lowest BCUT2D eigenvalue weighted by Gasteiger charge is -2.12. The first kappa shape index (κ1) is 20.6. The van der Waals surface area contributed by atoms with Crippen LogP contribution in [0, 0.1) is 0 Å². The Hall–Kier alpha value is -4.26. The van der Waals surface area contributed by atoms with Crippen LogP contribution in [-0.4, -0.2) is 47.5 Å². The second-order valence-electron chi connectivity index (χ2n) is 6.62. The van der Waals surface area contributed by atoms with Gasteiger partial charge in [-0.2, -0.15) is 24.1 Å². The number of halogens is 2. The normalized spacial score (nSPS) is 11.2. The smallest absolute Gasteiger partial charge is 0.387 e. The molecule has 0 saturated carbocycles. The minimum Gasteiger partial charge on any atom is -0.434 e. The Kier molecular flexibility index (Phi) is 5.44. The third-order valence-corrected chi connectivity index (χ3v) is 5.49. The highest BCUT2D eigenvalue weighted by Gasteiger charge is 2.21. The molecular weight excluding hydrogens is 454 g/mol. The second kappa shape index (κ2) is 8.70. The van der Waals surface area contributed by atoms with E-state index >= 15 is 0 Å². The molecule has 5 aromatic rings. The monoisotopic (exact) mass is 468 g/mol. The molecule has 10 nitrogen and oxygen atoms in total. The molecule has 5 rings (SSSR count). The third-order valence-electron chi connectivity index (χ3n) is 4.54. The minimum atomic E-state index is -3.03. The summed E-state index contributed by atoms with van der Waals surface area (Å²) in [7, 11) is 0. The summed E-state index contributed by atoms with van der Waals surface area (Å²) in [5.41, 5.74) is 1.41. The fourth-order valence-corrected chi connectivity index (χ4v) is 3.96. The number of benzene rings is 1. The molecule has 13 heteroatoms. The van der Waals surface area contributed by atoms with Crippen molar-refractivity contribution in [3.8, 4) is 17.0 Å². The zero-order chi connectivity index (χ0) is 22.8. The van der Waals surface area contributed by atoms with E-state index in [1.807, 2.05) is 0 Å². The van der Waals surface area contributed by atoms with Gasteiger partial charge >= 0.3 is 6.61 Å². The quantitative estimate of drug-likeness (QED) is 0.331. The highest BCUT2D eigenvalue weighted by molar-refractivity contribution is 7.99. The van der Waals surface area contributed by atoms with Crippen molar-refractivity contribution in [1.29, 1.82) is 0 Å². The zero-order valence-corrected chi connectivity index (χ0v) is 17.4. The van der Waals surface area contributed by atoms with E-state index in [0.717, 1.165) is 9.79 Å². The van der Waals surface area contributed by atoms with Crippen molar-refractivity contribution < 1.29 is 18.3 Å². The summed E-state index contributed by atoms with van der Waals surface area (Å²) in [6.45, 7) is -3.03. The van der Waals surface area contributed by atoms with E-state index in [2.05, 4.69) is 35.8 Å².